The van der Waals surface area contributed by atoms with E-state index in [4.69, 9.17) is 4.98 Å². The Kier molecular flexibility index (Phi) is 7.33. The number of piperazine rings is 1. The van der Waals surface area contributed by atoms with Crippen molar-refractivity contribution < 1.29 is 18.0 Å². The fourth-order valence-electron chi connectivity index (χ4n) is 5.41. The zero-order chi connectivity index (χ0) is 28.6. The van der Waals surface area contributed by atoms with Crippen molar-refractivity contribution in [3.8, 4) is 11.3 Å². The zero-order valence-electron chi connectivity index (χ0n) is 22.7. The largest absolute Gasteiger partial charge is 0.397 e. The van der Waals surface area contributed by atoms with Crippen LogP contribution >= 0.6 is 0 Å². The Labute approximate surface area is 235 Å². The van der Waals surface area contributed by atoms with Crippen LogP contribution in [0, 0.1) is 0 Å². The summed E-state index contributed by atoms with van der Waals surface area (Å²) in [7, 11) is 0. The number of alkyl halides is 3. The molecule has 0 radical (unpaired) electrons. The average Bonchev–Trinajstić information content (AvgIpc) is 3.32. The van der Waals surface area contributed by atoms with Gasteiger partial charge in [-0.15, -0.1) is 0 Å². The number of carbonyl (C=O) groups excluding carboxylic acids is 1. The van der Waals surface area contributed by atoms with E-state index in [0.717, 1.165) is 58.3 Å². The van der Waals surface area contributed by atoms with Crippen molar-refractivity contribution in [3.05, 3.63) is 66.0 Å². The number of aromatic nitrogens is 5. The highest BCUT2D eigenvalue weighted by Crippen LogP contribution is 2.27. The quantitative estimate of drug-likeness (QED) is 0.356. The van der Waals surface area contributed by atoms with Crippen molar-refractivity contribution in [1.82, 2.24) is 34.7 Å². The molecule has 2 aliphatic rings. The first-order valence-electron chi connectivity index (χ1n) is 13.8. The van der Waals surface area contributed by atoms with Crippen LogP contribution in [0.2, 0.25) is 0 Å². The van der Waals surface area contributed by atoms with Crippen LogP contribution in [0.4, 0.5) is 19.0 Å². The predicted octanol–water partition coefficient (Wildman–Crippen LogP) is 4.37. The lowest BCUT2D eigenvalue weighted by Gasteiger charge is -2.38. The van der Waals surface area contributed by atoms with Crippen molar-refractivity contribution in [2.75, 3.05) is 44.2 Å². The van der Waals surface area contributed by atoms with Crippen molar-refractivity contribution in [1.29, 1.82) is 0 Å². The first kappa shape index (κ1) is 27.1. The molecular weight excluding hydrogens is 533 g/mol. The van der Waals surface area contributed by atoms with Crippen LogP contribution < -0.4 is 4.90 Å². The fourth-order valence-corrected chi connectivity index (χ4v) is 5.41. The number of pyridine rings is 1. The van der Waals surface area contributed by atoms with E-state index in [-0.39, 0.29) is 19.1 Å². The van der Waals surface area contributed by atoms with Crippen LogP contribution in [0.15, 0.2) is 48.9 Å². The molecule has 1 amide bonds. The Balaban J connectivity index is 1.11. The summed E-state index contributed by atoms with van der Waals surface area (Å²) in [5, 5.41) is 0. The normalized spacial score (nSPS) is 17.1. The SMILES string of the molecule is CC(c1ccnc(Cc2nc3ccc(-c4cc(N5CCC5)ncn4)cc3[nH]2)c1)N1CCN(C(=O)CC(F)(F)F)CC1. The molecular formula is C29H31F3N8O. The highest BCUT2D eigenvalue weighted by molar-refractivity contribution is 5.81. The van der Waals surface area contributed by atoms with Gasteiger partial charge >= 0.3 is 6.18 Å². The molecule has 3 aromatic heterocycles. The minimum Gasteiger partial charge on any atom is -0.356 e. The predicted molar refractivity (Wildman–Crippen MR) is 148 cm³/mol. The topological polar surface area (TPSA) is 94.1 Å². The molecule has 41 heavy (non-hydrogen) atoms. The summed E-state index contributed by atoms with van der Waals surface area (Å²) in [4.78, 5) is 39.3. The van der Waals surface area contributed by atoms with E-state index in [1.54, 1.807) is 12.5 Å². The Hall–Kier alpha value is -4.06. The van der Waals surface area contributed by atoms with E-state index in [0.29, 0.717) is 19.5 Å². The van der Waals surface area contributed by atoms with E-state index >= 15 is 0 Å². The molecule has 2 aliphatic heterocycles. The van der Waals surface area contributed by atoms with Gasteiger partial charge in [0.15, 0.2) is 0 Å². The van der Waals surface area contributed by atoms with Gasteiger partial charge in [0.25, 0.3) is 0 Å². The summed E-state index contributed by atoms with van der Waals surface area (Å²) in [6.07, 6.45) is -0.789. The number of carbonyl (C=O) groups is 1. The molecule has 6 rings (SSSR count). The van der Waals surface area contributed by atoms with Crippen molar-refractivity contribution >= 4 is 22.8 Å². The molecule has 2 saturated heterocycles. The summed E-state index contributed by atoms with van der Waals surface area (Å²) >= 11 is 0. The summed E-state index contributed by atoms with van der Waals surface area (Å²) in [6.45, 7) is 5.71. The third-order valence-electron chi connectivity index (χ3n) is 7.90. The number of hydrogen-bond donors (Lipinski definition) is 1. The second-order valence-electron chi connectivity index (χ2n) is 10.7. The smallest absolute Gasteiger partial charge is 0.356 e. The first-order chi connectivity index (χ1) is 19.7. The monoisotopic (exact) mass is 564 g/mol. The minimum absolute atomic E-state index is 0.0314. The number of anilines is 1. The lowest BCUT2D eigenvalue weighted by molar-refractivity contribution is -0.162. The molecule has 214 valence electrons. The van der Waals surface area contributed by atoms with E-state index in [9.17, 15) is 18.0 Å². The molecule has 0 aliphatic carbocycles. The molecule has 0 spiro atoms. The number of amides is 1. The Morgan fingerprint density at radius 2 is 1.80 bits per heavy atom. The second kappa shape index (κ2) is 11.1. The van der Waals surface area contributed by atoms with Gasteiger partial charge in [-0.05, 0) is 43.2 Å². The van der Waals surface area contributed by atoms with Crippen LogP contribution in [0.5, 0.6) is 0 Å². The van der Waals surface area contributed by atoms with Gasteiger partial charge in [0, 0.05) is 75.3 Å². The number of hydrogen-bond acceptors (Lipinski definition) is 7. The number of nitrogens with one attached hydrogen (secondary N) is 1. The molecule has 1 N–H and O–H groups in total. The fraction of sp³-hybridized carbons (Fsp3) is 0.414. The second-order valence-corrected chi connectivity index (χ2v) is 10.7. The number of halogens is 3. The van der Waals surface area contributed by atoms with Gasteiger partial charge in [-0.1, -0.05) is 6.07 Å². The third kappa shape index (κ3) is 6.17. The maximum Gasteiger partial charge on any atom is 0.397 e. The first-order valence-corrected chi connectivity index (χ1v) is 13.8. The van der Waals surface area contributed by atoms with E-state index in [1.807, 2.05) is 30.3 Å². The maximum absolute atomic E-state index is 12.6. The Morgan fingerprint density at radius 1 is 1.00 bits per heavy atom. The zero-order valence-corrected chi connectivity index (χ0v) is 22.7. The molecule has 4 aromatic rings. The van der Waals surface area contributed by atoms with Gasteiger partial charge in [-0.3, -0.25) is 14.7 Å². The lowest BCUT2D eigenvalue weighted by Crippen LogP contribution is -2.50. The summed E-state index contributed by atoms with van der Waals surface area (Å²) < 4.78 is 37.8. The third-order valence-corrected chi connectivity index (χ3v) is 7.90. The van der Waals surface area contributed by atoms with Gasteiger partial charge in [-0.2, -0.15) is 13.2 Å². The minimum atomic E-state index is -4.48. The number of nitrogens with zero attached hydrogens (tertiary/aromatic N) is 7. The molecule has 9 nitrogen and oxygen atoms in total. The number of benzene rings is 1. The molecule has 0 saturated carbocycles. The molecule has 1 aromatic carbocycles. The van der Waals surface area contributed by atoms with Gasteiger partial charge in [0.2, 0.25) is 5.91 Å². The summed E-state index contributed by atoms with van der Waals surface area (Å²) in [5.41, 5.74) is 5.57. The summed E-state index contributed by atoms with van der Waals surface area (Å²) in [6, 6.07) is 12.1. The number of fused-ring (bicyclic) bond motifs is 1. The number of imidazole rings is 1. The van der Waals surface area contributed by atoms with Gasteiger partial charge in [0.1, 0.15) is 24.4 Å². The number of aromatic amines is 1. The van der Waals surface area contributed by atoms with Gasteiger partial charge in [-0.25, -0.2) is 15.0 Å². The Morgan fingerprint density at radius 3 is 2.54 bits per heavy atom. The van der Waals surface area contributed by atoms with Crippen LogP contribution in [-0.2, 0) is 11.2 Å². The van der Waals surface area contributed by atoms with E-state index in [2.05, 4.69) is 42.7 Å². The Bertz CT molecular complexity index is 1540. The van der Waals surface area contributed by atoms with Crippen molar-refractivity contribution in [3.63, 3.8) is 0 Å². The van der Waals surface area contributed by atoms with E-state index < -0.39 is 18.5 Å². The van der Waals surface area contributed by atoms with Crippen LogP contribution in [0.3, 0.4) is 0 Å². The van der Waals surface area contributed by atoms with Crippen LogP contribution in [-0.4, -0.2) is 86.1 Å². The highest BCUT2D eigenvalue weighted by Gasteiger charge is 2.35. The van der Waals surface area contributed by atoms with Crippen LogP contribution in [0.25, 0.3) is 22.3 Å². The molecule has 2 fully saturated rings. The van der Waals surface area contributed by atoms with Crippen LogP contribution in [0.1, 0.15) is 42.9 Å². The number of rotatable bonds is 7. The summed E-state index contributed by atoms with van der Waals surface area (Å²) in [5.74, 6) is 0.890. The van der Waals surface area contributed by atoms with Gasteiger partial charge in [0.05, 0.1) is 16.7 Å². The molecule has 12 heteroatoms. The molecule has 0 bridgehead atoms. The van der Waals surface area contributed by atoms with Gasteiger partial charge < -0.3 is 14.8 Å². The van der Waals surface area contributed by atoms with Crippen molar-refractivity contribution in [2.45, 2.75) is 38.4 Å². The van der Waals surface area contributed by atoms with Crippen molar-refractivity contribution in [2.24, 2.45) is 0 Å². The maximum atomic E-state index is 12.6. The molecule has 5 heterocycles. The lowest BCUT2D eigenvalue weighted by atomic mass is 10.1. The average molecular weight is 565 g/mol. The van der Waals surface area contributed by atoms with E-state index in [1.165, 1.54) is 11.3 Å². The number of H-pyrrole nitrogens is 1. The molecule has 1 unspecified atom stereocenters. The highest BCUT2D eigenvalue weighted by atomic mass is 19.4. The molecule has 1 atom stereocenters. The standard InChI is InChI=1S/C29H31F3N8O/c1-19(38-9-11-40(12-10-38)28(41)17-29(30,31)32)20-5-6-33-22(13-20)15-26-36-23-4-3-21(14-25(23)37-26)24-16-27(35-18-34-24)39-7-2-8-39/h3-6,13-14,16,18-19H,2,7-12,15,17H2,1H3,(H,36,37).